The van der Waals surface area contributed by atoms with Gasteiger partial charge in [0.15, 0.2) is 0 Å². The second-order valence-corrected chi connectivity index (χ2v) is 15.2. The van der Waals surface area contributed by atoms with Crippen LogP contribution in [0, 0.1) is 50.2 Å². The molecule has 0 aliphatic heterocycles. The van der Waals surface area contributed by atoms with E-state index in [-0.39, 0.29) is 51.1 Å². The maximum atomic E-state index is 11.7. The van der Waals surface area contributed by atoms with Crippen molar-refractivity contribution in [1.82, 2.24) is 0 Å². The van der Waals surface area contributed by atoms with E-state index in [1.165, 1.54) is 12.8 Å². The van der Waals surface area contributed by atoms with Crippen LogP contribution in [0.2, 0.25) is 0 Å². The Morgan fingerprint density at radius 1 is 0.818 bits per heavy atom. The first-order chi connectivity index (χ1) is 15.2. The summed E-state index contributed by atoms with van der Waals surface area (Å²) in [6.07, 6.45) is 11.3. The Balaban J connectivity index is 1.61. The molecular formula is C30H50O3. The molecule has 0 radical (unpaired) electrons. The van der Waals surface area contributed by atoms with Crippen LogP contribution in [0.25, 0.3) is 0 Å². The van der Waals surface area contributed by atoms with Gasteiger partial charge < -0.3 is 15.3 Å². The van der Waals surface area contributed by atoms with E-state index >= 15 is 0 Å². The molecule has 0 aromatic carbocycles. The van der Waals surface area contributed by atoms with Crippen molar-refractivity contribution in [3.05, 3.63) is 11.6 Å². The second-order valence-electron chi connectivity index (χ2n) is 15.2. The highest BCUT2D eigenvalue weighted by Crippen LogP contribution is 2.75. The lowest BCUT2D eigenvalue weighted by atomic mass is 9.33. The highest BCUT2D eigenvalue weighted by atomic mass is 16.3. The molecular weight excluding hydrogens is 408 g/mol. The molecule has 0 aromatic heterocycles. The molecule has 0 spiro atoms. The normalized spacial score (nSPS) is 54.8. The fourth-order valence-corrected chi connectivity index (χ4v) is 10.7. The third kappa shape index (κ3) is 2.91. The highest BCUT2D eigenvalue weighted by molar-refractivity contribution is 5.35. The van der Waals surface area contributed by atoms with Gasteiger partial charge in [-0.2, -0.15) is 0 Å². The number of hydrogen-bond donors (Lipinski definition) is 3. The molecule has 0 saturated heterocycles. The Labute approximate surface area is 202 Å². The molecule has 5 aliphatic carbocycles. The summed E-state index contributed by atoms with van der Waals surface area (Å²) in [5.41, 5.74) is 1.78. The largest absolute Gasteiger partial charge is 0.396 e. The maximum Gasteiger partial charge on any atom is 0.0632 e. The van der Waals surface area contributed by atoms with E-state index in [4.69, 9.17) is 0 Å². The average molecular weight is 459 g/mol. The molecule has 4 fully saturated rings. The van der Waals surface area contributed by atoms with Crippen LogP contribution in [0.15, 0.2) is 11.6 Å². The van der Waals surface area contributed by atoms with E-state index in [9.17, 15) is 15.3 Å². The van der Waals surface area contributed by atoms with Gasteiger partial charge in [-0.05, 0) is 103 Å². The summed E-state index contributed by atoms with van der Waals surface area (Å²) < 4.78 is 0. The maximum absolute atomic E-state index is 11.7. The SMILES string of the molecule is CC1(C)CC[C@]2(CO)[C@H](O)C[C@]3(C)C(=CC[C@H]4C3(C)CC[C@H]3C(C)(C)[C@@H](O)CC[C@@]34C)[C@@H]2C1. The van der Waals surface area contributed by atoms with E-state index in [0.29, 0.717) is 11.8 Å². The molecule has 5 aliphatic rings. The molecule has 3 N–H and O–H groups in total. The third-order valence-electron chi connectivity index (χ3n) is 13.2. The first-order valence-corrected chi connectivity index (χ1v) is 13.9. The minimum atomic E-state index is -0.434. The fourth-order valence-electron chi connectivity index (χ4n) is 10.7. The molecule has 9 atom stereocenters. The quantitative estimate of drug-likeness (QED) is 0.415. The molecule has 5 rings (SSSR count). The van der Waals surface area contributed by atoms with E-state index in [1.807, 2.05) is 0 Å². The van der Waals surface area contributed by atoms with Crippen molar-refractivity contribution in [3.8, 4) is 0 Å². The van der Waals surface area contributed by atoms with Crippen LogP contribution in [0.1, 0.15) is 106 Å². The zero-order chi connectivity index (χ0) is 24.2. The topological polar surface area (TPSA) is 60.7 Å². The van der Waals surface area contributed by atoms with E-state index in [0.717, 1.165) is 44.9 Å². The summed E-state index contributed by atoms with van der Waals surface area (Å²) in [5.74, 6) is 1.41. The minimum absolute atomic E-state index is 0.0275. The van der Waals surface area contributed by atoms with Gasteiger partial charge in [0.1, 0.15) is 0 Å². The van der Waals surface area contributed by atoms with Crippen LogP contribution in [0.4, 0.5) is 0 Å². The molecule has 4 saturated carbocycles. The van der Waals surface area contributed by atoms with Gasteiger partial charge in [-0.15, -0.1) is 0 Å². The predicted molar refractivity (Wildman–Crippen MR) is 134 cm³/mol. The van der Waals surface area contributed by atoms with Gasteiger partial charge in [-0.3, -0.25) is 0 Å². The summed E-state index contributed by atoms with van der Waals surface area (Å²) in [6, 6.07) is 0. The number of aliphatic hydroxyl groups excluding tert-OH is 3. The van der Waals surface area contributed by atoms with Gasteiger partial charge in [0.05, 0.1) is 18.8 Å². The minimum Gasteiger partial charge on any atom is -0.396 e. The standard InChI is InChI=1S/C30H50O3/c1-25(2)14-15-30(18-31)20(16-25)19-8-9-22-27(5)12-11-23(32)26(3,4)21(27)10-13-28(22,6)29(19,7)17-24(30)33/h8,20-24,31-33H,9-18H2,1-7H3/t20-,21-,22+,23-,24+,27-,28?,29+,30+/m0/s1. The summed E-state index contributed by atoms with van der Waals surface area (Å²) in [5, 5.41) is 33.3. The number of rotatable bonds is 1. The van der Waals surface area contributed by atoms with Crippen molar-refractivity contribution < 1.29 is 15.3 Å². The van der Waals surface area contributed by atoms with Gasteiger partial charge in [0, 0.05) is 5.41 Å². The zero-order valence-electron chi connectivity index (χ0n) is 22.4. The lowest BCUT2D eigenvalue weighted by Crippen LogP contribution is -2.67. The Morgan fingerprint density at radius 2 is 1.52 bits per heavy atom. The molecule has 0 amide bonds. The van der Waals surface area contributed by atoms with Gasteiger partial charge in [0.25, 0.3) is 0 Å². The lowest BCUT2D eigenvalue weighted by Gasteiger charge is -2.72. The summed E-state index contributed by atoms with van der Waals surface area (Å²) in [7, 11) is 0. The average Bonchev–Trinajstić information content (AvgIpc) is 2.71. The van der Waals surface area contributed by atoms with E-state index in [1.54, 1.807) is 5.57 Å². The summed E-state index contributed by atoms with van der Waals surface area (Å²) >= 11 is 0. The lowest BCUT2D eigenvalue weighted by molar-refractivity contribution is -0.218. The third-order valence-corrected chi connectivity index (χ3v) is 13.2. The van der Waals surface area contributed by atoms with Crippen LogP contribution in [0.5, 0.6) is 0 Å². The van der Waals surface area contributed by atoms with Crippen molar-refractivity contribution in [3.63, 3.8) is 0 Å². The molecule has 0 aromatic rings. The first-order valence-electron chi connectivity index (χ1n) is 13.9. The Bertz CT molecular complexity index is 843. The van der Waals surface area contributed by atoms with Crippen molar-refractivity contribution in [2.75, 3.05) is 6.61 Å². The van der Waals surface area contributed by atoms with Crippen LogP contribution >= 0.6 is 0 Å². The zero-order valence-corrected chi connectivity index (χ0v) is 22.4. The van der Waals surface area contributed by atoms with Crippen molar-refractivity contribution >= 4 is 0 Å². The van der Waals surface area contributed by atoms with Crippen molar-refractivity contribution in [2.24, 2.45) is 50.2 Å². The van der Waals surface area contributed by atoms with Crippen molar-refractivity contribution in [2.45, 2.75) is 118 Å². The van der Waals surface area contributed by atoms with Gasteiger partial charge in [-0.1, -0.05) is 60.1 Å². The van der Waals surface area contributed by atoms with E-state index < -0.39 is 6.10 Å². The monoisotopic (exact) mass is 458 g/mol. The number of allylic oxidation sites excluding steroid dienone is 2. The van der Waals surface area contributed by atoms with E-state index in [2.05, 4.69) is 54.5 Å². The highest BCUT2D eigenvalue weighted by Gasteiger charge is 2.69. The van der Waals surface area contributed by atoms with Crippen LogP contribution in [-0.4, -0.2) is 34.1 Å². The summed E-state index contributed by atoms with van der Waals surface area (Å²) in [4.78, 5) is 0. The molecule has 3 nitrogen and oxygen atoms in total. The fraction of sp³-hybridized carbons (Fsp3) is 0.933. The number of aliphatic hydroxyl groups is 3. The predicted octanol–water partition coefficient (Wildman–Crippen LogP) is 6.11. The van der Waals surface area contributed by atoms with Crippen LogP contribution < -0.4 is 0 Å². The number of fused-ring (bicyclic) bond motifs is 7. The smallest absolute Gasteiger partial charge is 0.0632 e. The number of hydrogen-bond acceptors (Lipinski definition) is 3. The molecule has 0 bridgehead atoms. The molecule has 1 unspecified atom stereocenters. The van der Waals surface area contributed by atoms with Crippen molar-refractivity contribution in [1.29, 1.82) is 0 Å². The van der Waals surface area contributed by atoms with Crippen LogP contribution in [0.3, 0.4) is 0 Å². The van der Waals surface area contributed by atoms with Gasteiger partial charge in [0.2, 0.25) is 0 Å². The van der Waals surface area contributed by atoms with Crippen LogP contribution in [-0.2, 0) is 0 Å². The van der Waals surface area contributed by atoms with Gasteiger partial charge >= 0.3 is 0 Å². The second kappa shape index (κ2) is 7.10. The molecule has 3 heteroatoms. The summed E-state index contributed by atoms with van der Waals surface area (Å²) in [6.45, 7) is 17.0. The Morgan fingerprint density at radius 3 is 2.18 bits per heavy atom. The molecule has 188 valence electrons. The Hall–Kier alpha value is -0.380. The Kier molecular flexibility index (Phi) is 5.23. The van der Waals surface area contributed by atoms with Gasteiger partial charge in [-0.25, -0.2) is 0 Å². The molecule has 0 heterocycles. The molecule has 33 heavy (non-hydrogen) atoms. The first kappa shape index (κ1) is 24.3.